The Bertz CT molecular complexity index is 912. The van der Waals surface area contributed by atoms with Crippen molar-refractivity contribution in [3.05, 3.63) is 64.0 Å². The summed E-state index contributed by atoms with van der Waals surface area (Å²) in [4.78, 5) is 28.4. The lowest BCUT2D eigenvalue weighted by molar-refractivity contribution is -0.137. The minimum atomic E-state index is -0.947. The Morgan fingerprint density at radius 2 is 2.04 bits per heavy atom. The van der Waals surface area contributed by atoms with Crippen LogP contribution in [0.2, 0.25) is 0 Å². The molecular formula is C20H20N2O4S. The van der Waals surface area contributed by atoms with Crippen molar-refractivity contribution < 1.29 is 19.1 Å². The van der Waals surface area contributed by atoms with Crippen molar-refractivity contribution in [1.82, 2.24) is 5.32 Å². The largest absolute Gasteiger partial charge is 0.481 e. The molecule has 140 valence electrons. The van der Waals surface area contributed by atoms with Crippen molar-refractivity contribution in [3.63, 3.8) is 0 Å². The number of aliphatic carboxylic acids is 1. The molecule has 2 heterocycles. The molecule has 1 aliphatic heterocycles. The van der Waals surface area contributed by atoms with Crippen molar-refractivity contribution in [1.29, 1.82) is 0 Å². The quantitative estimate of drug-likeness (QED) is 0.737. The lowest BCUT2D eigenvalue weighted by Gasteiger charge is -2.11. The van der Waals surface area contributed by atoms with Crippen LogP contribution in [0.5, 0.6) is 0 Å². The van der Waals surface area contributed by atoms with Crippen molar-refractivity contribution >= 4 is 34.9 Å². The number of carboxylic acids is 1. The molecule has 2 aromatic rings. The number of thioether (sulfide) groups is 1. The Morgan fingerprint density at radius 1 is 1.30 bits per heavy atom. The summed E-state index contributed by atoms with van der Waals surface area (Å²) in [7, 11) is 0. The first-order valence-electron chi connectivity index (χ1n) is 8.60. The molecule has 1 atom stereocenters. The number of amidine groups is 1. The lowest BCUT2D eigenvalue weighted by atomic mass is 10.0. The van der Waals surface area contributed by atoms with E-state index < -0.39 is 12.0 Å². The number of nitrogens with zero attached hydrogens (tertiary/aromatic N) is 1. The van der Waals surface area contributed by atoms with Gasteiger partial charge in [-0.3, -0.25) is 14.6 Å². The van der Waals surface area contributed by atoms with E-state index in [4.69, 9.17) is 4.42 Å². The van der Waals surface area contributed by atoms with Gasteiger partial charge in [-0.25, -0.2) is 0 Å². The zero-order valence-corrected chi connectivity index (χ0v) is 15.9. The van der Waals surface area contributed by atoms with Crippen molar-refractivity contribution in [2.75, 3.05) is 0 Å². The summed E-state index contributed by atoms with van der Waals surface area (Å²) in [5, 5.41) is 12.3. The summed E-state index contributed by atoms with van der Waals surface area (Å²) < 4.78 is 5.61. The van der Waals surface area contributed by atoms with Gasteiger partial charge in [-0.05, 0) is 36.4 Å². The predicted octanol–water partition coefficient (Wildman–Crippen LogP) is 3.93. The second kappa shape index (κ2) is 8.26. The molecule has 6 nitrogen and oxygen atoms in total. The number of hydrogen-bond acceptors (Lipinski definition) is 5. The topological polar surface area (TPSA) is 91.9 Å². The number of hydrogen-bond donors (Lipinski definition) is 2. The van der Waals surface area contributed by atoms with Crippen LogP contribution >= 0.6 is 11.8 Å². The van der Waals surface area contributed by atoms with Crippen LogP contribution in [0.4, 0.5) is 0 Å². The van der Waals surface area contributed by atoms with Gasteiger partial charge in [0.15, 0.2) is 5.17 Å². The zero-order valence-electron chi connectivity index (χ0n) is 15.1. The van der Waals surface area contributed by atoms with Gasteiger partial charge >= 0.3 is 5.97 Å². The molecule has 3 rings (SSSR count). The molecule has 1 saturated heterocycles. The Balaban J connectivity index is 1.82. The first kappa shape index (κ1) is 19.0. The Labute approximate surface area is 161 Å². The van der Waals surface area contributed by atoms with E-state index in [-0.39, 0.29) is 12.3 Å². The molecule has 2 N–H and O–H groups in total. The summed E-state index contributed by atoms with van der Waals surface area (Å²) in [6.07, 6.45) is 2.29. The molecule has 0 bridgehead atoms. The number of rotatable bonds is 6. The molecule has 1 aliphatic rings. The maximum Gasteiger partial charge on any atom is 0.305 e. The van der Waals surface area contributed by atoms with Crippen molar-refractivity contribution in [2.45, 2.75) is 32.7 Å². The van der Waals surface area contributed by atoms with Gasteiger partial charge in [0.05, 0.1) is 17.4 Å². The Morgan fingerprint density at radius 3 is 2.67 bits per heavy atom. The summed E-state index contributed by atoms with van der Waals surface area (Å²) in [5.41, 5.74) is 1.88. The number of carboxylic acid groups (broad SMARTS) is 1. The molecule has 1 aromatic carbocycles. The molecule has 0 radical (unpaired) electrons. The van der Waals surface area contributed by atoms with E-state index in [1.165, 1.54) is 11.8 Å². The highest BCUT2D eigenvalue weighted by Crippen LogP contribution is 2.30. The van der Waals surface area contributed by atoms with E-state index in [1.807, 2.05) is 50.2 Å². The standard InChI is InChI=1S/C20H20N2O4S/c1-3-14-8-9-15(26-14)10-17-19(25)22-20(27-17)21-16(11-18(23)24)13-6-4-12(2)5-7-13/h4-10,16H,3,11H2,1-2H3,(H,23,24)(H,21,22,25)/b17-10-/t16-/m1/s1. The first-order chi connectivity index (χ1) is 12.9. The van der Waals surface area contributed by atoms with Crippen molar-refractivity contribution in [3.8, 4) is 0 Å². The fraction of sp³-hybridized carbons (Fsp3) is 0.250. The van der Waals surface area contributed by atoms with Crippen molar-refractivity contribution in [2.24, 2.45) is 4.99 Å². The fourth-order valence-electron chi connectivity index (χ4n) is 2.61. The van der Waals surface area contributed by atoms with Gasteiger partial charge in [0, 0.05) is 12.5 Å². The van der Waals surface area contributed by atoms with E-state index >= 15 is 0 Å². The maximum absolute atomic E-state index is 12.2. The zero-order chi connectivity index (χ0) is 19.4. The van der Waals surface area contributed by atoms with Crippen LogP contribution in [0, 0.1) is 6.92 Å². The van der Waals surface area contributed by atoms with Gasteiger partial charge in [0.25, 0.3) is 5.91 Å². The molecular weight excluding hydrogens is 364 g/mol. The van der Waals surface area contributed by atoms with E-state index in [9.17, 15) is 14.7 Å². The second-order valence-electron chi connectivity index (χ2n) is 6.18. The molecule has 1 fully saturated rings. The minimum absolute atomic E-state index is 0.153. The predicted molar refractivity (Wildman–Crippen MR) is 105 cm³/mol. The first-order valence-corrected chi connectivity index (χ1v) is 9.42. The number of benzene rings is 1. The number of amides is 1. The van der Waals surface area contributed by atoms with E-state index in [0.29, 0.717) is 15.8 Å². The number of furan rings is 1. The lowest BCUT2D eigenvalue weighted by Crippen LogP contribution is -2.21. The van der Waals surface area contributed by atoms with E-state index in [2.05, 4.69) is 10.3 Å². The highest BCUT2D eigenvalue weighted by Gasteiger charge is 2.26. The van der Waals surface area contributed by atoms with Crippen LogP contribution in [-0.2, 0) is 16.0 Å². The van der Waals surface area contributed by atoms with Gasteiger partial charge < -0.3 is 14.8 Å². The minimum Gasteiger partial charge on any atom is -0.481 e. The van der Waals surface area contributed by atoms with E-state index in [1.54, 1.807) is 6.08 Å². The molecule has 1 amide bonds. The van der Waals surface area contributed by atoms with Gasteiger partial charge in [0.1, 0.15) is 11.5 Å². The summed E-state index contributed by atoms with van der Waals surface area (Å²) >= 11 is 1.18. The molecule has 0 saturated carbocycles. The van der Waals surface area contributed by atoms with Gasteiger partial charge in [-0.1, -0.05) is 36.8 Å². The summed E-state index contributed by atoms with van der Waals surface area (Å²) in [6.45, 7) is 3.95. The Kier molecular flexibility index (Phi) is 5.81. The number of nitrogens with one attached hydrogen (secondary N) is 1. The van der Waals surface area contributed by atoms with Crippen LogP contribution in [0.15, 0.2) is 50.7 Å². The fourth-order valence-corrected chi connectivity index (χ4v) is 3.46. The second-order valence-corrected chi connectivity index (χ2v) is 7.21. The van der Waals surface area contributed by atoms with Crippen LogP contribution < -0.4 is 5.32 Å². The summed E-state index contributed by atoms with van der Waals surface area (Å²) in [5.74, 6) is 0.232. The highest BCUT2D eigenvalue weighted by atomic mass is 32.2. The molecule has 0 spiro atoms. The average Bonchev–Trinajstić information content (AvgIpc) is 3.21. The van der Waals surface area contributed by atoms with Crippen LogP contribution in [0.3, 0.4) is 0 Å². The van der Waals surface area contributed by atoms with Gasteiger partial charge in [-0.2, -0.15) is 0 Å². The highest BCUT2D eigenvalue weighted by molar-refractivity contribution is 8.18. The Hall–Kier alpha value is -2.80. The monoisotopic (exact) mass is 384 g/mol. The number of aliphatic imine (C=N–C) groups is 1. The number of aryl methyl sites for hydroxylation is 2. The third-order valence-corrected chi connectivity index (χ3v) is 4.98. The van der Waals surface area contributed by atoms with Crippen LogP contribution in [0.25, 0.3) is 6.08 Å². The SMILES string of the molecule is CCc1ccc(/C=C2\SC(=N[C@H](CC(=O)O)c3ccc(C)cc3)NC2=O)o1. The van der Waals surface area contributed by atoms with Gasteiger partial charge in [0.2, 0.25) is 0 Å². The number of carbonyl (C=O) groups is 2. The molecule has 27 heavy (non-hydrogen) atoms. The normalized spacial score (nSPS) is 18.1. The van der Waals surface area contributed by atoms with Crippen LogP contribution in [0.1, 0.15) is 42.0 Å². The third kappa shape index (κ3) is 4.89. The van der Waals surface area contributed by atoms with Gasteiger partial charge in [-0.15, -0.1) is 0 Å². The molecule has 1 aromatic heterocycles. The molecule has 0 unspecified atom stereocenters. The van der Waals surface area contributed by atoms with Crippen LogP contribution in [-0.4, -0.2) is 22.2 Å². The maximum atomic E-state index is 12.2. The molecule has 0 aliphatic carbocycles. The average molecular weight is 384 g/mol. The number of carbonyl (C=O) groups excluding carboxylic acids is 1. The third-order valence-electron chi connectivity index (χ3n) is 4.06. The van der Waals surface area contributed by atoms with E-state index in [0.717, 1.165) is 23.3 Å². The summed E-state index contributed by atoms with van der Waals surface area (Å²) in [6, 6.07) is 10.7. The molecule has 7 heteroatoms. The smallest absolute Gasteiger partial charge is 0.305 e.